The lowest BCUT2D eigenvalue weighted by atomic mass is 9.99. The highest BCUT2D eigenvalue weighted by Gasteiger charge is 2.27. The monoisotopic (exact) mass is 449 g/mol. The van der Waals surface area contributed by atoms with Crippen LogP contribution < -0.4 is 5.32 Å². The highest BCUT2D eigenvalue weighted by molar-refractivity contribution is 14.0. The number of hydrogen-bond donors (Lipinski definition) is 1. The third-order valence-corrected chi connectivity index (χ3v) is 5.78. The molecule has 140 valence electrons. The van der Waals surface area contributed by atoms with Crippen molar-refractivity contribution in [2.45, 2.75) is 32.1 Å². The normalized spacial score (nSPS) is 29.8. The number of halogens is 1. The van der Waals surface area contributed by atoms with Crippen molar-refractivity contribution in [3.63, 3.8) is 0 Å². The van der Waals surface area contributed by atoms with Gasteiger partial charge in [-0.2, -0.15) is 0 Å². The van der Waals surface area contributed by atoms with Crippen LogP contribution in [0, 0.1) is 11.8 Å². The maximum Gasteiger partial charge on any atom is 0.193 e. The first-order valence-corrected chi connectivity index (χ1v) is 9.61. The molecule has 3 aliphatic heterocycles. The van der Waals surface area contributed by atoms with E-state index in [0.717, 1.165) is 24.3 Å². The molecule has 0 amide bonds. The minimum Gasteiger partial charge on any atom is -0.356 e. The summed E-state index contributed by atoms with van der Waals surface area (Å²) < 4.78 is 0. The number of aliphatic imine (C=N–C) groups is 1. The number of piperidine rings is 1. The van der Waals surface area contributed by atoms with E-state index in [1.165, 1.54) is 77.9 Å². The van der Waals surface area contributed by atoms with Gasteiger partial charge in [-0.25, -0.2) is 0 Å². The van der Waals surface area contributed by atoms with Crippen molar-refractivity contribution in [3.8, 4) is 0 Å². The van der Waals surface area contributed by atoms with E-state index in [1.807, 2.05) is 7.05 Å². The van der Waals surface area contributed by atoms with Crippen LogP contribution in [0.5, 0.6) is 0 Å². The van der Waals surface area contributed by atoms with E-state index in [9.17, 15) is 0 Å². The largest absolute Gasteiger partial charge is 0.356 e. The first-order valence-electron chi connectivity index (χ1n) is 9.61. The van der Waals surface area contributed by atoms with Crippen LogP contribution in [-0.4, -0.2) is 87.1 Å². The molecule has 0 aromatic rings. The van der Waals surface area contributed by atoms with Crippen LogP contribution in [0.4, 0.5) is 0 Å². The van der Waals surface area contributed by atoms with E-state index in [2.05, 4.69) is 32.1 Å². The summed E-state index contributed by atoms with van der Waals surface area (Å²) >= 11 is 0. The molecule has 1 N–H and O–H groups in total. The first kappa shape index (κ1) is 20.2. The van der Waals surface area contributed by atoms with Gasteiger partial charge in [-0.1, -0.05) is 0 Å². The van der Waals surface area contributed by atoms with Crippen LogP contribution in [-0.2, 0) is 0 Å². The van der Waals surface area contributed by atoms with E-state index >= 15 is 0 Å². The number of nitrogens with zero attached hydrogens (tertiary/aromatic N) is 4. The Bertz CT molecular complexity index is 397. The molecule has 0 spiro atoms. The van der Waals surface area contributed by atoms with Crippen LogP contribution >= 0.6 is 24.0 Å². The van der Waals surface area contributed by atoms with E-state index in [0.29, 0.717) is 0 Å². The van der Waals surface area contributed by atoms with Crippen molar-refractivity contribution in [2.24, 2.45) is 16.8 Å². The van der Waals surface area contributed by atoms with Crippen molar-refractivity contribution in [2.75, 3.05) is 66.5 Å². The Hall–Kier alpha value is -0.0800. The Morgan fingerprint density at radius 2 is 1.79 bits per heavy atom. The van der Waals surface area contributed by atoms with Gasteiger partial charge in [-0.3, -0.25) is 4.99 Å². The number of rotatable bonds is 4. The van der Waals surface area contributed by atoms with Gasteiger partial charge in [0.2, 0.25) is 0 Å². The number of guanidine groups is 1. The Balaban J connectivity index is 0.00000208. The van der Waals surface area contributed by atoms with Gasteiger partial charge in [0.15, 0.2) is 5.96 Å². The summed E-state index contributed by atoms with van der Waals surface area (Å²) in [5.41, 5.74) is 0. The number of likely N-dealkylation sites (tertiary alicyclic amines) is 3. The fourth-order valence-electron chi connectivity index (χ4n) is 4.51. The van der Waals surface area contributed by atoms with Crippen molar-refractivity contribution in [1.29, 1.82) is 0 Å². The van der Waals surface area contributed by atoms with Gasteiger partial charge in [0, 0.05) is 39.8 Å². The summed E-state index contributed by atoms with van der Waals surface area (Å²) in [7, 11) is 4.17. The molecule has 0 bridgehead atoms. The van der Waals surface area contributed by atoms with Gasteiger partial charge in [-0.15, -0.1) is 24.0 Å². The fourth-order valence-corrected chi connectivity index (χ4v) is 4.51. The smallest absolute Gasteiger partial charge is 0.193 e. The van der Waals surface area contributed by atoms with Crippen LogP contribution in [0.2, 0.25) is 0 Å². The molecule has 0 aromatic carbocycles. The lowest BCUT2D eigenvalue weighted by molar-refractivity contribution is 0.209. The molecule has 5 nitrogen and oxygen atoms in total. The predicted molar refractivity (Wildman–Crippen MR) is 112 cm³/mol. The molecule has 0 saturated carbocycles. The molecule has 2 atom stereocenters. The molecule has 0 aliphatic carbocycles. The maximum atomic E-state index is 4.54. The molecule has 24 heavy (non-hydrogen) atoms. The number of hydrogen-bond acceptors (Lipinski definition) is 3. The zero-order valence-corrected chi connectivity index (χ0v) is 17.9. The van der Waals surface area contributed by atoms with Crippen molar-refractivity contribution >= 4 is 29.9 Å². The van der Waals surface area contributed by atoms with Gasteiger partial charge < -0.3 is 20.0 Å². The highest BCUT2D eigenvalue weighted by Crippen LogP contribution is 2.20. The van der Waals surface area contributed by atoms with Crippen LogP contribution in [0.25, 0.3) is 0 Å². The van der Waals surface area contributed by atoms with Crippen LogP contribution in [0.1, 0.15) is 32.1 Å². The molecular weight excluding hydrogens is 413 g/mol. The Labute approximate surface area is 165 Å². The molecule has 3 aliphatic rings. The van der Waals surface area contributed by atoms with Gasteiger partial charge in [0.05, 0.1) is 0 Å². The third-order valence-electron chi connectivity index (χ3n) is 5.78. The second kappa shape index (κ2) is 10.2. The Kier molecular flexibility index (Phi) is 8.57. The first-order chi connectivity index (χ1) is 11.2. The average molecular weight is 449 g/mol. The van der Waals surface area contributed by atoms with E-state index in [1.54, 1.807) is 0 Å². The molecule has 3 heterocycles. The summed E-state index contributed by atoms with van der Waals surface area (Å²) in [6.45, 7) is 9.84. The Morgan fingerprint density at radius 1 is 1.00 bits per heavy atom. The molecule has 3 rings (SSSR count). The SMILES string of the molecule is CN=C(NCC1CCCN(C)C1)N1CCC(CN2CCCC2)C1.I. The molecule has 3 saturated heterocycles. The van der Waals surface area contributed by atoms with Gasteiger partial charge in [0.1, 0.15) is 0 Å². The zero-order valence-electron chi connectivity index (χ0n) is 15.5. The lowest BCUT2D eigenvalue weighted by Crippen LogP contribution is -2.45. The average Bonchev–Trinajstić information content (AvgIpc) is 3.21. The standard InChI is InChI=1S/C18H35N5.HI/c1-19-18(20-12-16-6-5-8-21(2)13-16)23-11-7-17(15-23)14-22-9-3-4-10-22;/h16-17H,3-15H2,1-2H3,(H,19,20);1H. The minimum absolute atomic E-state index is 0. The van der Waals surface area contributed by atoms with Crippen LogP contribution in [0.15, 0.2) is 4.99 Å². The van der Waals surface area contributed by atoms with Gasteiger partial charge in [-0.05, 0) is 70.6 Å². The number of nitrogens with one attached hydrogen (secondary N) is 1. The second-order valence-corrected chi connectivity index (χ2v) is 7.81. The lowest BCUT2D eigenvalue weighted by Gasteiger charge is -2.31. The maximum absolute atomic E-state index is 4.54. The molecule has 0 radical (unpaired) electrons. The van der Waals surface area contributed by atoms with Gasteiger partial charge in [0.25, 0.3) is 0 Å². The van der Waals surface area contributed by atoms with Crippen molar-refractivity contribution < 1.29 is 0 Å². The predicted octanol–water partition coefficient (Wildman–Crippen LogP) is 1.94. The topological polar surface area (TPSA) is 34.1 Å². The Morgan fingerprint density at radius 3 is 2.50 bits per heavy atom. The summed E-state index contributed by atoms with van der Waals surface area (Å²) in [6.07, 6.45) is 6.81. The van der Waals surface area contributed by atoms with Crippen molar-refractivity contribution in [1.82, 2.24) is 20.0 Å². The van der Waals surface area contributed by atoms with E-state index in [4.69, 9.17) is 0 Å². The summed E-state index contributed by atoms with van der Waals surface area (Å²) in [6, 6.07) is 0. The summed E-state index contributed by atoms with van der Waals surface area (Å²) in [5.74, 6) is 2.73. The van der Waals surface area contributed by atoms with E-state index in [-0.39, 0.29) is 24.0 Å². The van der Waals surface area contributed by atoms with E-state index < -0.39 is 0 Å². The molecule has 6 heteroatoms. The van der Waals surface area contributed by atoms with Crippen LogP contribution in [0.3, 0.4) is 0 Å². The quantitative estimate of drug-likeness (QED) is 0.404. The second-order valence-electron chi connectivity index (χ2n) is 7.81. The fraction of sp³-hybridized carbons (Fsp3) is 0.944. The third kappa shape index (κ3) is 5.73. The minimum atomic E-state index is 0. The zero-order chi connectivity index (χ0) is 16.1. The highest BCUT2D eigenvalue weighted by atomic mass is 127. The molecule has 2 unspecified atom stereocenters. The summed E-state index contributed by atoms with van der Waals surface area (Å²) in [4.78, 5) is 12.1. The van der Waals surface area contributed by atoms with Gasteiger partial charge >= 0.3 is 0 Å². The molecular formula is C18H36IN5. The van der Waals surface area contributed by atoms with Crippen molar-refractivity contribution in [3.05, 3.63) is 0 Å². The molecule has 0 aromatic heterocycles. The summed E-state index contributed by atoms with van der Waals surface area (Å²) in [5, 5.41) is 3.65. The molecule has 3 fully saturated rings.